The number of amides is 1. The van der Waals surface area contributed by atoms with E-state index in [0.717, 1.165) is 17.8 Å². The molecule has 1 N–H and O–H groups in total. The van der Waals surface area contributed by atoms with Crippen LogP contribution in [0.2, 0.25) is 0 Å². The smallest absolute Gasteiger partial charge is 0.255 e. The van der Waals surface area contributed by atoms with Crippen LogP contribution in [0.1, 0.15) is 35.5 Å². The number of nitrogens with one attached hydrogen (secondary N) is 1. The molecule has 1 aromatic carbocycles. The van der Waals surface area contributed by atoms with Gasteiger partial charge in [-0.1, -0.05) is 12.1 Å². The average molecular weight is 287 g/mol. The monoisotopic (exact) mass is 287 g/mol. The lowest BCUT2D eigenvalue weighted by molar-refractivity contribution is 0.0947. The number of hydrogen-bond donors (Lipinski definition) is 1. The SMILES string of the molecule is CCOc1ccccc1C(=O)NCc1cn(CC)nc1C. The summed E-state index contributed by atoms with van der Waals surface area (Å²) in [4.78, 5) is 12.3. The Balaban J connectivity index is 2.06. The summed E-state index contributed by atoms with van der Waals surface area (Å²) in [5.41, 5.74) is 2.52. The van der Waals surface area contributed by atoms with Crippen molar-refractivity contribution in [3.63, 3.8) is 0 Å². The van der Waals surface area contributed by atoms with E-state index in [-0.39, 0.29) is 5.91 Å². The van der Waals surface area contributed by atoms with Crippen LogP contribution < -0.4 is 10.1 Å². The van der Waals surface area contributed by atoms with Gasteiger partial charge in [-0.05, 0) is 32.9 Å². The first-order chi connectivity index (χ1) is 10.2. The number of carbonyl (C=O) groups excluding carboxylic acids is 1. The lowest BCUT2D eigenvalue weighted by atomic mass is 10.2. The molecule has 0 fully saturated rings. The van der Waals surface area contributed by atoms with E-state index >= 15 is 0 Å². The fourth-order valence-corrected chi connectivity index (χ4v) is 2.10. The molecule has 1 amide bonds. The Morgan fingerprint density at radius 2 is 2.10 bits per heavy atom. The Morgan fingerprint density at radius 3 is 2.76 bits per heavy atom. The standard InChI is InChI=1S/C16H21N3O2/c1-4-19-11-13(12(3)18-19)10-17-16(20)14-8-6-7-9-15(14)21-5-2/h6-9,11H,4-5,10H2,1-3H3,(H,17,20). The molecule has 1 aromatic heterocycles. The second-order valence-electron chi connectivity index (χ2n) is 4.71. The van der Waals surface area contributed by atoms with Crippen LogP contribution in [0, 0.1) is 6.92 Å². The van der Waals surface area contributed by atoms with Crippen molar-refractivity contribution in [1.29, 1.82) is 0 Å². The predicted octanol–water partition coefficient (Wildman–Crippen LogP) is 2.54. The van der Waals surface area contributed by atoms with E-state index in [2.05, 4.69) is 10.4 Å². The molecule has 0 spiro atoms. The maximum atomic E-state index is 12.3. The minimum absolute atomic E-state index is 0.136. The third-order valence-corrected chi connectivity index (χ3v) is 3.24. The predicted molar refractivity (Wildman–Crippen MR) is 81.4 cm³/mol. The molecule has 5 heteroatoms. The van der Waals surface area contributed by atoms with E-state index in [1.54, 1.807) is 12.1 Å². The van der Waals surface area contributed by atoms with Crippen LogP contribution in [0.3, 0.4) is 0 Å². The van der Waals surface area contributed by atoms with Crippen LogP contribution in [-0.2, 0) is 13.1 Å². The quantitative estimate of drug-likeness (QED) is 0.888. The molecule has 0 atom stereocenters. The summed E-state index contributed by atoms with van der Waals surface area (Å²) in [6, 6.07) is 7.26. The fraction of sp³-hybridized carbons (Fsp3) is 0.375. The first-order valence-electron chi connectivity index (χ1n) is 7.18. The topological polar surface area (TPSA) is 56.1 Å². The maximum Gasteiger partial charge on any atom is 0.255 e. The summed E-state index contributed by atoms with van der Waals surface area (Å²) in [5, 5.41) is 7.29. The van der Waals surface area contributed by atoms with Crippen molar-refractivity contribution >= 4 is 5.91 Å². The molecular weight excluding hydrogens is 266 g/mol. The summed E-state index contributed by atoms with van der Waals surface area (Å²) >= 11 is 0. The lowest BCUT2D eigenvalue weighted by Gasteiger charge is -2.10. The lowest BCUT2D eigenvalue weighted by Crippen LogP contribution is -2.23. The molecule has 0 bridgehead atoms. The van der Waals surface area contributed by atoms with Gasteiger partial charge in [-0.15, -0.1) is 0 Å². The Bertz CT molecular complexity index is 620. The third-order valence-electron chi connectivity index (χ3n) is 3.24. The number of carbonyl (C=O) groups is 1. The van der Waals surface area contributed by atoms with E-state index < -0.39 is 0 Å². The van der Waals surface area contributed by atoms with Crippen molar-refractivity contribution in [3.05, 3.63) is 47.3 Å². The van der Waals surface area contributed by atoms with Crippen molar-refractivity contribution < 1.29 is 9.53 Å². The van der Waals surface area contributed by atoms with Crippen molar-refractivity contribution in [1.82, 2.24) is 15.1 Å². The van der Waals surface area contributed by atoms with Crippen molar-refractivity contribution in [2.45, 2.75) is 33.9 Å². The molecule has 2 aromatic rings. The zero-order valence-electron chi connectivity index (χ0n) is 12.7. The van der Waals surface area contributed by atoms with Crippen molar-refractivity contribution in [2.75, 3.05) is 6.61 Å². The molecular formula is C16H21N3O2. The first kappa shape index (κ1) is 15.1. The van der Waals surface area contributed by atoms with E-state index in [1.807, 2.05) is 43.8 Å². The number of benzene rings is 1. The summed E-state index contributed by atoms with van der Waals surface area (Å²) in [7, 11) is 0. The third kappa shape index (κ3) is 3.62. The highest BCUT2D eigenvalue weighted by molar-refractivity contribution is 5.96. The van der Waals surface area contributed by atoms with Crippen molar-refractivity contribution in [3.8, 4) is 5.75 Å². The Kier molecular flexibility index (Phi) is 4.98. The molecule has 0 aliphatic carbocycles. The molecule has 5 nitrogen and oxygen atoms in total. The van der Waals surface area contributed by atoms with E-state index in [9.17, 15) is 4.79 Å². The van der Waals surface area contributed by atoms with Crippen LogP contribution in [0.25, 0.3) is 0 Å². The number of aromatic nitrogens is 2. The Hall–Kier alpha value is -2.30. The molecule has 2 rings (SSSR count). The van der Waals surface area contributed by atoms with Gasteiger partial charge in [-0.3, -0.25) is 9.48 Å². The van der Waals surface area contributed by atoms with Crippen LogP contribution in [0.5, 0.6) is 5.75 Å². The first-order valence-corrected chi connectivity index (χ1v) is 7.18. The van der Waals surface area contributed by atoms with E-state index in [1.165, 1.54) is 0 Å². The van der Waals surface area contributed by atoms with Gasteiger partial charge >= 0.3 is 0 Å². The van der Waals surface area contributed by atoms with Gasteiger partial charge in [-0.25, -0.2) is 0 Å². The van der Waals surface area contributed by atoms with Gasteiger partial charge in [0.25, 0.3) is 5.91 Å². The van der Waals surface area contributed by atoms with Crippen LogP contribution in [0.15, 0.2) is 30.5 Å². The molecule has 1 heterocycles. The van der Waals surface area contributed by atoms with Gasteiger partial charge in [0.05, 0.1) is 17.9 Å². The van der Waals surface area contributed by atoms with Crippen LogP contribution in [0.4, 0.5) is 0 Å². The number of nitrogens with zero attached hydrogens (tertiary/aromatic N) is 2. The molecule has 112 valence electrons. The zero-order chi connectivity index (χ0) is 15.2. The van der Waals surface area contributed by atoms with Crippen molar-refractivity contribution in [2.24, 2.45) is 0 Å². The summed E-state index contributed by atoms with van der Waals surface area (Å²) < 4.78 is 7.34. The second kappa shape index (κ2) is 6.92. The summed E-state index contributed by atoms with van der Waals surface area (Å²) in [5.74, 6) is 0.473. The highest BCUT2D eigenvalue weighted by atomic mass is 16.5. The van der Waals surface area contributed by atoms with Gasteiger partial charge in [0.1, 0.15) is 5.75 Å². The van der Waals surface area contributed by atoms with Gasteiger partial charge in [0.2, 0.25) is 0 Å². The largest absolute Gasteiger partial charge is 0.493 e. The van der Waals surface area contributed by atoms with Gasteiger partial charge < -0.3 is 10.1 Å². The van der Waals surface area contributed by atoms with Gasteiger partial charge in [-0.2, -0.15) is 5.10 Å². The van der Waals surface area contributed by atoms with E-state index in [4.69, 9.17) is 4.74 Å². The minimum Gasteiger partial charge on any atom is -0.493 e. The fourth-order valence-electron chi connectivity index (χ4n) is 2.10. The molecule has 0 aliphatic rings. The number of hydrogen-bond acceptors (Lipinski definition) is 3. The maximum absolute atomic E-state index is 12.3. The normalized spacial score (nSPS) is 10.4. The number of aryl methyl sites for hydroxylation is 2. The Labute approximate surface area is 124 Å². The van der Waals surface area contributed by atoms with Crippen LogP contribution >= 0.6 is 0 Å². The average Bonchev–Trinajstić information content (AvgIpc) is 2.86. The number of ether oxygens (including phenoxy) is 1. The molecule has 0 aliphatic heterocycles. The highest BCUT2D eigenvalue weighted by Crippen LogP contribution is 2.18. The van der Waals surface area contributed by atoms with E-state index in [0.29, 0.717) is 24.5 Å². The van der Waals surface area contributed by atoms with Crippen LogP contribution in [-0.4, -0.2) is 22.3 Å². The highest BCUT2D eigenvalue weighted by Gasteiger charge is 2.12. The zero-order valence-corrected chi connectivity index (χ0v) is 12.7. The summed E-state index contributed by atoms with van der Waals surface area (Å²) in [6.07, 6.45) is 1.96. The molecule has 0 saturated carbocycles. The van der Waals surface area contributed by atoms with Gasteiger partial charge in [0.15, 0.2) is 0 Å². The molecule has 0 unspecified atom stereocenters. The second-order valence-corrected chi connectivity index (χ2v) is 4.71. The Morgan fingerprint density at radius 1 is 1.33 bits per heavy atom. The number of para-hydroxylation sites is 1. The number of rotatable bonds is 6. The summed E-state index contributed by atoms with van der Waals surface area (Å²) in [6.45, 7) is 7.70. The molecule has 0 saturated heterocycles. The molecule has 21 heavy (non-hydrogen) atoms. The molecule has 0 radical (unpaired) electrons. The minimum atomic E-state index is -0.136. The van der Waals surface area contributed by atoms with Gasteiger partial charge in [0, 0.05) is 24.8 Å².